The molecule has 1 aliphatic carbocycles. The molecule has 10 nitrogen and oxygen atoms in total. The molecule has 3 aromatic rings. The maximum Gasteiger partial charge on any atom is 0.258 e. The number of fused-ring (bicyclic) bond motifs is 1. The summed E-state index contributed by atoms with van der Waals surface area (Å²) in [5.74, 6) is 1.53. The van der Waals surface area contributed by atoms with E-state index < -0.39 is 0 Å². The Kier molecular flexibility index (Phi) is 7.19. The average Bonchev–Trinajstić information content (AvgIpc) is 2.84. The fourth-order valence-corrected chi connectivity index (χ4v) is 4.36. The summed E-state index contributed by atoms with van der Waals surface area (Å²) >= 11 is 0. The Balaban J connectivity index is 1.66. The van der Waals surface area contributed by atoms with Crippen molar-refractivity contribution in [1.29, 1.82) is 0 Å². The van der Waals surface area contributed by atoms with E-state index in [1.807, 2.05) is 25.1 Å². The molecule has 6 N–H and O–H groups in total. The Bertz CT molecular complexity index is 1260. The van der Waals surface area contributed by atoms with Crippen LogP contribution in [-0.4, -0.2) is 48.1 Å². The summed E-state index contributed by atoms with van der Waals surface area (Å²) in [6.45, 7) is 2.01. The number of aliphatic imine (C=N–C) groups is 1. The number of aromatic nitrogens is 2. The Morgan fingerprint density at radius 2 is 1.80 bits per heavy atom. The Morgan fingerprint density at radius 1 is 1.03 bits per heavy atom. The monoisotopic (exact) mass is 477 g/mol. The molecule has 0 aliphatic heterocycles. The summed E-state index contributed by atoms with van der Waals surface area (Å²) < 4.78 is 10.6. The van der Waals surface area contributed by atoms with E-state index in [0.29, 0.717) is 28.4 Å². The first-order valence-corrected chi connectivity index (χ1v) is 11.5. The lowest BCUT2D eigenvalue weighted by Gasteiger charge is -2.30. The zero-order valence-corrected chi connectivity index (χ0v) is 20.2. The molecular formula is C25H31N7O3. The van der Waals surface area contributed by atoms with E-state index in [0.717, 1.165) is 36.6 Å². The maximum absolute atomic E-state index is 13.0. The number of nitrogens with one attached hydrogen (secondary N) is 2. The van der Waals surface area contributed by atoms with E-state index in [9.17, 15) is 4.79 Å². The third-order valence-corrected chi connectivity index (χ3v) is 6.09. The third kappa shape index (κ3) is 5.53. The smallest absolute Gasteiger partial charge is 0.258 e. The van der Waals surface area contributed by atoms with Gasteiger partial charge in [-0.1, -0.05) is 24.5 Å². The lowest BCUT2D eigenvalue weighted by molar-refractivity contribution is 0.102. The van der Waals surface area contributed by atoms with Gasteiger partial charge in [0.25, 0.3) is 5.91 Å². The molecule has 1 amide bonds. The van der Waals surface area contributed by atoms with Crippen LogP contribution in [0.2, 0.25) is 0 Å². The molecule has 1 heterocycles. The van der Waals surface area contributed by atoms with E-state index in [4.69, 9.17) is 20.9 Å². The second kappa shape index (κ2) is 10.5. The molecule has 2 aromatic carbocycles. The fraction of sp³-hybridized carbons (Fsp3) is 0.360. The van der Waals surface area contributed by atoms with Crippen molar-refractivity contribution in [1.82, 2.24) is 9.97 Å². The third-order valence-electron chi connectivity index (χ3n) is 6.09. The van der Waals surface area contributed by atoms with E-state index in [-0.39, 0.29) is 29.9 Å². The highest BCUT2D eigenvalue weighted by Gasteiger charge is 2.26. The fourth-order valence-electron chi connectivity index (χ4n) is 4.36. The van der Waals surface area contributed by atoms with Gasteiger partial charge in [0.2, 0.25) is 5.95 Å². The molecule has 184 valence electrons. The number of hydrogen-bond acceptors (Lipinski definition) is 7. The van der Waals surface area contributed by atoms with Crippen molar-refractivity contribution in [2.24, 2.45) is 16.5 Å². The zero-order chi connectivity index (χ0) is 24.9. The topological polar surface area (TPSA) is 150 Å². The highest BCUT2D eigenvalue weighted by atomic mass is 16.5. The molecule has 2 atom stereocenters. The van der Waals surface area contributed by atoms with E-state index in [1.165, 1.54) is 7.11 Å². The first kappa shape index (κ1) is 24.1. The number of benzene rings is 2. The van der Waals surface area contributed by atoms with Gasteiger partial charge in [-0.3, -0.25) is 10.1 Å². The van der Waals surface area contributed by atoms with Crippen LogP contribution >= 0.6 is 0 Å². The summed E-state index contributed by atoms with van der Waals surface area (Å²) in [6.07, 6.45) is 3.93. The summed E-state index contributed by atoms with van der Waals surface area (Å²) in [6, 6.07) is 10.8. The van der Waals surface area contributed by atoms with E-state index in [1.54, 1.807) is 25.3 Å². The van der Waals surface area contributed by atoms with Crippen LogP contribution in [-0.2, 0) is 0 Å². The number of methoxy groups -OCH3 is 2. The van der Waals surface area contributed by atoms with Gasteiger partial charge in [0.05, 0.1) is 31.8 Å². The summed E-state index contributed by atoms with van der Waals surface area (Å²) in [5.41, 5.74) is 13.5. The van der Waals surface area contributed by atoms with Gasteiger partial charge in [0, 0.05) is 10.9 Å². The van der Waals surface area contributed by atoms with Crippen LogP contribution in [0.15, 0.2) is 41.4 Å². The van der Waals surface area contributed by atoms with Gasteiger partial charge >= 0.3 is 0 Å². The predicted octanol–water partition coefficient (Wildman–Crippen LogP) is 3.20. The van der Waals surface area contributed by atoms with Crippen LogP contribution in [0.1, 0.15) is 41.6 Å². The number of ether oxygens (including phenoxy) is 2. The molecule has 1 saturated carbocycles. The number of amides is 1. The predicted molar refractivity (Wildman–Crippen MR) is 137 cm³/mol. The van der Waals surface area contributed by atoms with Crippen LogP contribution in [0.3, 0.4) is 0 Å². The molecule has 1 aliphatic rings. The average molecular weight is 478 g/mol. The first-order chi connectivity index (χ1) is 16.9. The lowest BCUT2D eigenvalue weighted by Crippen LogP contribution is -2.38. The molecule has 35 heavy (non-hydrogen) atoms. The molecule has 0 spiro atoms. The van der Waals surface area contributed by atoms with Gasteiger partial charge in [0.15, 0.2) is 17.5 Å². The van der Waals surface area contributed by atoms with Crippen molar-refractivity contribution < 1.29 is 14.3 Å². The van der Waals surface area contributed by atoms with Gasteiger partial charge in [-0.2, -0.15) is 4.98 Å². The minimum Gasteiger partial charge on any atom is -0.493 e. The summed E-state index contributed by atoms with van der Waals surface area (Å²) in [5, 5.41) is 7.21. The number of guanidine groups is 1. The van der Waals surface area contributed by atoms with Crippen LogP contribution in [0.4, 0.5) is 11.8 Å². The van der Waals surface area contributed by atoms with Crippen molar-refractivity contribution in [2.75, 3.05) is 24.9 Å². The van der Waals surface area contributed by atoms with Gasteiger partial charge in [-0.15, -0.1) is 0 Å². The maximum atomic E-state index is 13.0. The molecule has 4 rings (SSSR count). The Morgan fingerprint density at radius 3 is 2.54 bits per heavy atom. The van der Waals surface area contributed by atoms with Crippen LogP contribution in [0.25, 0.3) is 10.9 Å². The van der Waals surface area contributed by atoms with Crippen molar-refractivity contribution in [3.63, 3.8) is 0 Å². The van der Waals surface area contributed by atoms with Crippen molar-refractivity contribution in [3.05, 3.63) is 47.5 Å². The highest BCUT2D eigenvalue weighted by Crippen LogP contribution is 2.30. The molecule has 1 aromatic heterocycles. The molecule has 0 unspecified atom stereocenters. The van der Waals surface area contributed by atoms with Crippen LogP contribution in [0, 0.1) is 6.92 Å². The number of rotatable bonds is 7. The van der Waals surface area contributed by atoms with Gasteiger partial charge < -0.3 is 26.3 Å². The molecular weight excluding hydrogens is 446 g/mol. The SMILES string of the molecule is COc1ccc(C(=O)Nc2nc(N[C@H]3CCCC[C@H]3N=C(N)N)c3cc(C)ccc3n2)cc1OC. The number of aryl methyl sites for hydroxylation is 1. The standard InChI is InChI=1S/C25H31N7O3/c1-14-8-10-17-16(12-14)22(28-18-6-4-5-7-19(18)29-24(26)27)31-25(30-17)32-23(33)15-9-11-20(34-2)21(13-15)35-3/h8-13,18-19H,4-7H2,1-3H3,(H4,26,27,29)(H2,28,30,31,32,33)/t18-,19+/m0/s1. The molecule has 10 heteroatoms. The minimum atomic E-state index is -0.362. The van der Waals surface area contributed by atoms with Gasteiger partial charge in [-0.05, 0) is 50.1 Å². The Hall–Kier alpha value is -4.08. The highest BCUT2D eigenvalue weighted by molar-refractivity contribution is 6.04. The molecule has 1 fully saturated rings. The first-order valence-electron chi connectivity index (χ1n) is 11.5. The Labute approximate surface area is 204 Å². The second-order valence-electron chi connectivity index (χ2n) is 8.60. The summed E-state index contributed by atoms with van der Waals surface area (Å²) in [7, 11) is 3.06. The molecule has 0 bridgehead atoms. The number of nitrogens with zero attached hydrogens (tertiary/aromatic N) is 3. The number of anilines is 2. The quantitative estimate of drug-likeness (QED) is 0.299. The normalized spacial score (nSPS) is 17.5. The van der Waals surface area contributed by atoms with Crippen LogP contribution in [0.5, 0.6) is 11.5 Å². The van der Waals surface area contributed by atoms with Gasteiger partial charge in [-0.25, -0.2) is 9.98 Å². The number of carbonyl (C=O) groups is 1. The van der Waals surface area contributed by atoms with Crippen molar-refractivity contribution in [2.45, 2.75) is 44.7 Å². The second-order valence-corrected chi connectivity index (χ2v) is 8.60. The van der Waals surface area contributed by atoms with Crippen molar-refractivity contribution in [3.8, 4) is 11.5 Å². The largest absolute Gasteiger partial charge is 0.493 e. The van der Waals surface area contributed by atoms with Crippen molar-refractivity contribution >= 4 is 34.5 Å². The molecule has 0 saturated heterocycles. The van der Waals surface area contributed by atoms with E-state index >= 15 is 0 Å². The molecule has 0 radical (unpaired) electrons. The van der Waals surface area contributed by atoms with E-state index in [2.05, 4.69) is 25.6 Å². The number of hydrogen-bond donors (Lipinski definition) is 4. The number of nitrogens with two attached hydrogens (primary N) is 2. The minimum absolute atomic E-state index is 0.0128. The lowest BCUT2D eigenvalue weighted by atomic mass is 9.90. The van der Waals surface area contributed by atoms with Gasteiger partial charge in [0.1, 0.15) is 5.82 Å². The summed E-state index contributed by atoms with van der Waals surface area (Å²) in [4.78, 5) is 26.7. The van der Waals surface area contributed by atoms with Crippen LogP contribution < -0.4 is 31.6 Å². The zero-order valence-electron chi connectivity index (χ0n) is 20.2. The number of carbonyl (C=O) groups excluding carboxylic acids is 1.